The number of unbranched alkanes of at least 4 members (excludes halogenated alkanes) is 1. The summed E-state index contributed by atoms with van der Waals surface area (Å²) in [5.41, 5.74) is 1.77. The third-order valence-electron chi connectivity index (χ3n) is 5.83. The maximum atomic E-state index is 13.1. The van der Waals surface area contributed by atoms with Crippen LogP contribution in [0, 0.1) is 0 Å². The van der Waals surface area contributed by atoms with Crippen molar-refractivity contribution in [3.8, 4) is 22.8 Å². The van der Waals surface area contributed by atoms with Gasteiger partial charge < -0.3 is 14.4 Å². The average molecular weight is 483 g/mol. The molecule has 4 rings (SSSR count). The lowest BCUT2D eigenvalue weighted by Crippen LogP contribution is -2.48. The fraction of sp³-hybridized carbons (Fsp3) is 0.360. The Bertz CT molecular complexity index is 1180. The van der Waals surface area contributed by atoms with E-state index in [9.17, 15) is 8.42 Å². The van der Waals surface area contributed by atoms with Gasteiger partial charge in [-0.05, 0) is 55.0 Å². The molecule has 0 amide bonds. The molecule has 2 aromatic carbocycles. The molecule has 1 saturated heterocycles. The van der Waals surface area contributed by atoms with Crippen LogP contribution in [0.25, 0.3) is 11.3 Å². The van der Waals surface area contributed by atoms with Crippen LogP contribution < -0.4 is 14.4 Å². The molecule has 0 bridgehead atoms. The van der Waals surface area contributed by atoms with Gasteiger partial charge in [0.25, 0.3) is 0 Å². The normalized spacial score (nSPS) is 14.7. The molecule has 2 heterocycles. The number of aromatic nitrogens is 2. The minimum Gasteiger partial charge on any atom is -0.497 e. The lowest BCUT2D eigenvalue weighted by atomic mass is 10.1. The standard InChI is InChI=1S/C25H30N4O4S/c1-3-4-17-33-22-9-11-23(12-10-22)34(30,31)29-15-13-28(14-16-29)25-18-24(26-19-27-25)20-5-7-21(32-2)8-6-20/h5-12,18-19H,3-4,13-17H2,1-2H3. The van der Waals surface area contributed by atoms with E-state index in [-0.39, 0.29) is 4.90 Å². The number of ether oxygens (including phenoxy) is 2. The molecule has 0 N–H and O–H groups in total. The van der Waals surface area contributed by atoms with Crippen molar-refractivity contribution in [2.45, 2.75) is 24.7 Å². The first-order valence-electron chi connectivity index (χ1n) is 11.5. The van der Waals surface area contributed by atoms with Gasteiger partial charge in [0.1, 0.15) is 23.6 Å². The second kappa shape index (κ2) is 10.8. The molecule has 9 heteroatoms. The van der Waals surface area contributed by atoms with E-state index in [4.69, 9.17) is 9.47 Å². The van der Waals surface area contributed by atoms with Crippen LogP contribution in [0.4, 0.5) is 5.82 Å². The topological polar surface area (TPSA) is 84.9 Å². The van der Waals surface area contributed by atoms with Crippen molar-refractivity contribution in [2.75, 3.05) is 44.8 Å². The molecule has 8 nitrogen and oxygen atoms in total. The Hall–Kier alpha value is -3.17. The molecule has 1 aliphatic heterocycles. The molecule has 0 aliphatic carbocycles. The first-order valence-corrected chi connectivity index (χ1v) is 12.9. The third kappa shape index (κ3) is 5.48. The molecule has 1 fully saturated rings. The summed E-state index contributed by atoms with van der Waals surface area (Å²) < 4.78 is 38.6. The number of rotatable bonds is 9. The summed E-state index contributed by atoms with van der Waals surface area (Å²) in [4.78, 5) is 11.2. The summed E-state index contributed by atoms with van der Waals surface area (Å²) in [6, 6.07) is 16.3. The van der Waals surface area contributed by atoms with Gasteiger partial charge in [-0.15, -0.1) is 0 Å². The number of methoxy groups -OCH3 is 1. The van der Waals surface area contributed by atoms with Crippen molar-refractivity contribution in [3.63, 3.8) is 0 Å². The molecule has 0 unspecified atom stereocenters. The molecule has 0 saturated carbocycles. The minimum atomic E-state index is -3.56. The molecule has 1 aliphatic rings. The van der Waals surface area contributed by atoms with Gasteiger partial charge in [0, 0.05) is 37.8 Å². The first-order chi connectivity index (χ1) is 16.5. The smallest absolute Gasteiger partial charge is 0.243 e. The molecule has 0 radical (unpaired) electrons. The van der Waals surface area contributed by atoms with E-state index in [0.717, 1.165) is 35.7 Å². The van der Waals surface area contributed by atoms with E-state index in [1.54, 1.807) is 37.7 Å². The van der Waals surface area contributed by atoms with Gasteiger partial charge in [0.15, 0.2) is 0 Å². The van der Waals surface area contributed by atoms with Crippen LogP contribution in [0.1, 0.15) is 19.8 Å². The second-order valence-electron chi connectivity index (χ2n) is 8.05. The van der Waals surface area contributed by atoms with Crippen molar-refractivity contribution in [1.82, 2.24) is 14.3 Å². The number of nitrogens with zero attached hydrogens (tertiary/aromatic N) is 4. The van der Waals surface area contributed by atoms with Crippen molar-refractivity contribution in [1.29, 1.82) is 0 Å². The summed E-state index contributed by atoms with van der Waals surface area (Å²) in [6.07, 6.45) is 3.57. The van der Waals surface area contributed by atoms with Gasteiger partial charge in [-0.2, -0.15) is 4.31 Å². The Kier molecular flexibility index (Phi) is 7.64. The lowest BCUT2D eigenvalue weighted by molar-refractivity contribution is 0.309. The Morgan fingerprint density at radius 2 is 1.59 bits per heavy atom. The molecular formula is C25H30N4O4S. The number of sulfonamides is 1. The fourth-order valence-electron chi connectivity index (χ4n) is 3.79. The summed E-state index contributed by atoms with van der Waals surface area (Å²) >= 11 is 0. The molecule has 34 heavy (non-hydrogen) atoms. The highest BCUT2D eigenvalue weighted by molar-refractivity contribution is 7.89. The van der Waals surface area contributed by atoms with E-state index >= 15 is 0 Å². The SMILES string of the molecule is CCCCOc1ccc(S(=O)(=O)N2CCN(c3cc(-c4ccc(OC)cc4)ncn3)CC2)cc1. The van der Waals surface area contributed by atoms with Gasteiger partial charge in [-0.25, -0.2) is 18.4 Å². The quantitative estimate of drug-likeness (QED) is 0.428. The van der Waals surface area contributed by atoms with Gasteiger partial charge in [-0.1, -0.05) is 13.3 Å². The molecular weight excluding hydrogens is 452 g/mol. The Morgan fingerprint density at radius 3 is 2.24 bits per heavy atom. The summed E-state index contributed by atoms with van der Waals surface area (Å²) in [5.74, 6) is 2.26. The molecule has 3 aromatic rings. The zero-order valence-corrected chi connectivity index (χ0v) is 20.4. The highest BCUT2D eigenvalue weighted by Gasteiger charge is 2.29. The van der Waals surface area contributed by atoms with Crippen LogP contribution in [0.2, 0.25) is 0 Å². The third-order valence-corrected chi connectivity index (χ3v) is 7.74. The minimum absolute atomic E-state index is 0.285. The van der Waals surface area contributed by atoms with Crippen LogP contribution in [0.3, 0.4) is 0 Å². The molecule has 1 aromatic heterocycles. The maximum Gasteiger partial charge on any atom is 0.243 e. The van der Waals surface area contributed by atoms with Crippen molar-refractivity contribution < 1.29 is 17.9 Å². The lowest BCUT2D eigenvalue weighted by Gasteiger charge is -2.34. The zero-order valence-electron chi connectivity index (χ0n) is 19.6. The fourth-order valence-corrected chi connectivity index (χ4v) is 5.21. The number of anilines is 1. The monoisotopic (exact) mass is 482 g/mol. The molecule has 0 atom stereocenters. The molecule has 0 spiro atoms. The van der Waals surface area contributed by atoms with E-state index in [1.807, 2.05) is 30.3 Å². The van der Waals surface area contributed by atoms with Crippen LogP contribution in [0.5, 0.6) is 11.5 Å². The van der Waals surface area contributed by atoms with E-state index in [0.29, 0.717) is 38.5 Å². The van der Waals surface area contributed by atoms with Crippen LogP contribution >= 0.6 is 0 Å². The van der Waals surface area contributed by atoms with Crippen LogP contribution in [-0.4, -0.2) is 62.6 Å². The van der Waals surface area contributed by atoms with Crippen molar-refractivity contribution in [2.24, 2.45) is 0 Å². The average Bonchev–Trinajstić information content (AvgIpc) is 2.89. The number of hydrogen-bond donors (Lipinski definition) is 0. The highest BCUT2D eigenvalue weighted by Crippen LogP contribution is 2.25. The summed E-state index contributed by atoms with van der Waals surface area (Å²) in [5, 5.41) is 0. The van der Waals surface area contributed by atoms with Gasteiger partial charge in [-0.3, -0.25) is 0 Å². The number of piperazine rings is 1. The van der Waals surface area contributed by atoms with Gasteiger partial charge in [0.2, 0.25) is 10.0 Å². The Balaban J connectivity index is 1.40. The number of benzene rings is 2. The number of hydrogen-bond acceptors (Lipinski definition) is 7. The van der Waals surface area contributed by atoms with Crippen molar-refractivity contribution >= 4 is 15.8 Å². The van der Waals surface area contributed by atoms with E-state index < -0.39 is 10.0 Å². The van der Waals surface area contributed by atoms with Crippen LogP contribution in [-0.2, 0) is 10.0 Å². The van der Waals surface area contributed by atoms with E-state index in [1.165, 1.54) is 4.31 Å². The van der Waals surface area contributed by atoms with Crippen molar-refractivity contribution in [3.05, 3.63) is 60.9 Å². The maximum absolute atomic E-state index is 13.1. The second-order valence-corrected chi connectivity index (χ2v) is 9.99. The predicted molar refractivity (Wildman–Crippen MR) is 132 cm³/mol. The Morgan fingerprint density at radius 1 is 0.912 bits per heavy atom. The summed E-state index contributed by atoms with van der Waals surface area (Å²) in [6.45, 7) is 4.61. The first kappa shape index (κ1) is 24.0. The zero-order chi connectivity index (χ0) is 24.0. The van der Waals surface area contributed by atoms with Gasteiger partial charge in [0.05, 0.1) is 24.3 Å². The molecule has 180 valence electrons. The van der Waals surface area contributed by atoms with Gasteiger partial charge >= 0.3 is 0 Å². The summed E-state index contributed by atoms with van der Waals surface area (Å²) in [7, 11) is -1.93. The predicted octanol–water partition coefficient (Wildman–Crippen LogP) is 3.84. The highest BCUT2D eigenvalue weighted by atomic mass is 32.2. The largest absolute Gasteiger partial charge is 0.497 e. The Labute approximate surface area is 201 Å². The van der Waals surface area contributed by atoms with Crippen LogP contribution in [0.15, 0.2) is 65.8 Å². The van der Waals surface area contributed by atoms with E-state index in [2.05, 4.69) is 21.8 Å².